The molecule has 0 saturated carbocycles. The van der Waals surface area contributed by atoms with Crippen molar-refractivity contribution in [2.24, 2.45) is 0 Å². The fourth-order valence-electron chi connectivity index (χ4n) is 0.848. The van der Waals surface area contributed by atoms with Crippen LogP contribution in [0.3, 0.4) is 0 Å². The molecule has 0 aliphatic carbocycles. The number of thioether (sulfide) groups is 1. The summed E-state index contributed by atoms with van der Waals surface area (Å²) >= 11 is 1.77. The van der Waals surface area contributed by atoms with E-state index in [4.69, 9.17) is 0 Å². The zero-order valence-electron chi connectivity index (χ0n) is 7.76. The molecule has 0 N–H and O–H groups in total. The van der Waals surface area contributed by atoms with Crippen LogP contribution in [0.2, 0.25) is 0 Å². The number of nitrogens with zero attached hydrogens (tertiary/aromatic N) is 1. The largest absolute Gasteiger partial charge is 0.342 e. The van der Waals surface area contributed by atoms with Gasteiger partial charge in [0, 0.05) is 25.3 Å². The van der Waals surface area contributed by atoms with Crippen LogP contribution in [0, 0.1) is 0 Å². The summed E-state index contributed by atoms with van der Waals surface area (Å²) in [7, 11) is 1.87. The van der Waals surface area contributed by atoms with E-state index < -0.39 is 0 Å². The van der Waals surface area contributed by atoms with E-state index in [1.54, 1.807) is 11.8 Å². The van der Waals surface area contributed by atoms with Gasteiger partial charge in [0.15, 0.2) is 0 Å². The highest BCUT2D eigenvalue weighted by Crippen LogP contribution is 2.04. The molecule has 1 unspecified atom stereocenters. The third-order valence-electron chi connectivity index (χ3n) is 1.76. The molecule has 0 aromatic heterocycles. The maximum atomic E-state index is 11.1. The van der Waals surface area contributed by atoms with Crippen molar-refractivity contribution < 1.29 is 4.79 Å². The van der Waals surface area contributed by atoms with E-state index in [1.165, 1.54) is 0 Å². The first kappa shape index (κ1) is 10.8. The minimum atomic E-state index is 0.228. The number of hydrogen-bond acceptors (Lipinski definition) is 2. The first-order valence-electron chi connectivity index (χ1n) is 3.88. The van der Waals surface area contributed by atoms with E-state index in [-0.39, 0.29) is 5.91 Å². The lowest BCUT2D eigenvalue weighted by molar-refractivity contribution is -0.130. The topological polar surface area (TPSA) is 20.3 Å². The lowest BCUT2D eigenvalue weighted by atomic mass is 10.3. The van der Waals surface area contributed by atoms with Crippen LogP contribution in [-0.2, 0) is 4.79 Å². The van der Waals surface area contributed by atoms with Gasteiger partial charge in [-0.1, -0.05) is 6.92 Å². The van der Waals surface area contributed by atoms with Crippen molar-refractivity contribution >= 4 is 17.7 Å². The highest BCUT2D eigenvalue weighted by atomic mass is 32.2. The summed E-state index contributed by atoms with van der Waals surface area (Å²) in [6, 6.07) is 0.359. The fourth-order valence-corrected chi connectivity index (χ4v) is 1.55. The zero-order chi connectivity index (χ0) is 8.85. The molecule has 0 aromatic rings. The van der Waals surface area contributed by atoms with Crippen LogP contribution in [0.4, 0.5) is 0 Å². The molecule has 0 fully saturated rings. The third kappa shape index (κ3) is 3.65. The van der Waals surface area contributed by atoms with E-state index >= 15 is 0 Å². The van der Waals surface area contributed by atoms with Gasteiger partial charge >= 0.3 is 0 Å². The minimum absolute atomic E-state index is 0.228. The van der Waals surface area contributed by atoms with Crippen molar-refractivity contribution in [3.05, 3.63) is 0 Å². The van der Waals surface area contributed by atoms with Gasteiger partial charge in [0.05, 0.1) is 0 Å². The Morgan fingerprint density at radius 2 is 2.18 bits per heavy atom. The molecule has 2 nitrogen and oxygen atoms in total. The maximum Gasteiger partial charge on any atom is 0.222 e. The average molecular weight is 175 g/mol. The molecule has 1 amide bonds. The summed E-state index contributed by atoms with van der Waals surface area (Å²) in [4.78, 5) is 13.0. The van der Waals surface area contributed by atoms with E-state index in [9.17, 15) is 4.79 Å². The standard InChI is InChI=1S/C8H17NOS/c1-5-8(10)9(3)7(2)6-11-4/h7H,5-6H2,1-4H3. The number of hydrogen-bond donors (Lipinski definition) is 0. The van der Waals surface area contributed by atoms with E-state index in [0.29, 0.717) is 12.5 Å². The summed E-state index contributed by atoms with van der Waals surface area (Å²) < 4.78 is 0. The van der Waals surface area contributed by atoms with E-state index in [0.717, 1.165) is 5.75 Å². The quantitative estimate of drug-likeness (QED) is 0.647. The predicted octanol–water partition coefficient (Wildman–Crippen LogP) is 1.61. The summed E-state index contributed by atoms with van der Waals surface area (Å²) in [6.07, 6.45) is 2.66. The van der Waals surface area contributed by atoms with E-state index in [2.05, 4.69) is 13.2 Å². The Kier molecular flexibility index (Phi) is 5.38. The highest BCUT2D eigenvalue weighted by Gasteiger charge is 2.12. The lowest BCUT2D eigenvalue weighted by Gasteiger charge is -2.23. The van der Waals surface area contributed by atoms with Gasteiger partial charge in [-0.3, -0.25) is 4.79 Å². The van der Waals surface area contributed by atoms with Crippen LogP contribution in [0.5, 0.6) is 0 Å². The summed E-state index contributed by atoms with van der Waals surface area (Å²) in [5, 5.41) is 0. The normalized spacial score (nSPS) is 12.7. The summed E-state index contributed by atoms with van der Waals surface area (Å²) in [5.74, 6) is 1.24. The summed E-state index contributed by atoms with van der Waals surface area (Å²) in [5.41, 5.74) is 0. The Hall–Kier alpha value is -0.180. The van der Waals surface area contributed by atoms with Gasteiger partial charge in [-0.25, -0.2) is 0 Å². The predicted molar refractivity (Wildman–Crippen MR) is 50.9 cm³/mol. The first-order chi connectivity index (χ1) is 5.13. The van der Waals surface area contributed by atoms with Crippen LogP contribution in [0.25, 0.3) is 0 Å². The second-order valence-electron chi connectivity index (χ2n) is 2.66. The SMILES string of the molecule is CCC(=O)N(C)C(C)CSC. The molecule has 11 heavy (non-hydrogen) atoms. The number of carbonyl (C=O) groups excluding carboxylic acids is 1. The molecule has 0 rings (SSSR count). The van der Waals surface area contributed by atoms with Crippen molar-refractivity contribution in [1.82, 2.24) is 4.90 Å². The number of rotatable bonds is 4. The van der Waals surface area contributed by atoms with Crippen molar-refractivity contribution in [2.75, 3.05) is 19.1 Å². The maximum absolute atomic E-state index is 11.1. The van der Waals surface area contributed by atoms with Gasteiger partial charge in [0.2, 0.25) is 5.91 Å². The van der Waals surface area contributed by atoms with Crippen LogP contribution in [0.1, 0.15) is 20.3 Å². The Balaban J connectivity index is 3.80. The van der Waals surface area contributed by atoms with Gasteiger partial charge in [0.1, 0.15) is 0 Å². The Labute approximate surface area is 73.3 Å². The monoisotopic (exact) mass is 175 g/mol. The molecule has 0 spiro atoms. The Bertz CT molecular complexity index is 127. The fraction of sp³-hybridized carbons (Fsp3) is 0.875. The van der Waals surface area contributed by atoms with Crippen molar-refractivity contribution in [1.29, 1.82) is 0 Å². The molecule has 66 valence electrons. The third-order valence-corrected chi connectivity index (χ3v) is 2.58. The van der Waals surface area contributed by atoms with Gasteiger partial charge in [0.25, 0.3) is 0 Å². The van der Waals surface area contributed by atoms with Crippen molar-refractivity contribution in [3.8, 4) is 0 Å². The molecule has 0 radical (unpaired) electrons. The Morgan fingerprint density at radius 3 is 2.55 bits per heavy atom. The Morgan fingerprint density at radius 1 is 1.64 bits per heavy atom. The van der Waals surface area contributed by atoms with Crippen LogP contribution < -0.4 is 0 Å². The van der Waals surface area contributed by atoms with Gasteiger partial charge in [-0.2, -0.15) is 11.8 Å². The second-order valence-corrected chi connectivity index (χ2v) is 3.57. The van der Waals surface area contributed by atoms with Crippen molar-refractivity contribution in [2.45, 2.75) is 26.3 Å². The molecule has 0 bridgehead atoms. The molecule has 0 aliphatic rings. The number of amides is 1. The molecule has 0 heterocycles. The van der Waals surface area contributed by atoms with Gasteiger partial charge in [-0.15, -0.1) is 0 Å². The molecular weight excluding hydrogens is 158 g/mol. The molecule has 0 aromatic carbocycles. The summed E-state index contributed by atoms with van der Waals surface area (Å²) in [6.45, 7) is 3.97. The average Bonchev–Trinajstić information content (AvgIpc) is 2.02. The van der Waals surface area contributed by atoms with Gasteiger partial charge < -0.3 is 4.90 Å². The number of carbonyl (C=O) groups is 1. The molecule has 3 heteroatoms. The van der Waals surface area contributed by atoms with Crippen LogP contribution in [-0.4, -0.2) is 35.9 Å². The second kappa shape index (κ2) is 5.47. The molecular formula is C8H17NOS. The molecule has 1 atom stereocenters. The molecule has 0 aliphatic heterocycles. The van der Waals surface area contributed by atoms with Crippen LogP contribution in [0.15, 0.2) is 0 Å². The molecule has 0 saturated heterocycles. The first-order valence-corrected chi connectivity index (χ1v) is 5.27. The van der Waals surface area contributed by atoms with Gasteiger partial charge in [-0.05, 0) is 13.2 Å². The van der Waals surface area contributed by atoms with E-state index in [1.807, 2.05) is 18.9 Å². The zero-order valence-corrected chi connectivity index (χ0v) is 8.57. The van der Waals surface area contributed by atoms with Crippen molar-refractivity contribution in [3.63, 3.8) is 0 Å². The van der Waals surface area contributed by atoms with Crippen LogP contribution >= 0.6 is 11.8 Å². The highest BCUT2D eigenvalue weighted by molar-refractivity contribution is 7.98. The lowest BCUT2D eigenvalue weighted by Crippen LogP contribution is -2.35. The smallest absolute Gasteiger partial charge is 0.222 e. The minimum Gasteiger partial charge on any atom is -0.342 e.